The lowest BCUT2D eigenvalue weighted by Gasteiger charge is -2.61. The van der Waals surface area contributed by atoms with E-state index in [1.807, 2.05) is 0 Å². The van der Waals surface area contributed by atoms with E-state index in [2.05, 4.69) is 20.8 Å². The van der Waals surface area contributed by atoms with E-state index in [-0.39, 0.29) is 22.9 Å². The molecule has 23 nitrogen and oxygen atoms in total. The van der Waals surface area contributed by atoms with Gasteiger partial charge in [0.1, 0.15) is 91.6 Å². The highest BCUT2D eigenvalue weighted by Gasteiger charge is 2.68. The van der Waals surface area contributed by atoms with Crippen LogP contribution < -0.4 is 0 Å². The van der Waals surface area contributed by atoms with Crippen LogP contribution in [0.2, 0.25) is 0 Å². The molecule has 0 amide bonds. The molecule has 414 valence electrons. The van der Waals surface area contributed by atoms with Crippen molar-refractivity contribution in [2.45, 2.75) is 226 Å². The van der Waals surface area contributed by atoms with Gasteiger partial charge in [-0.25, -0.2) is 0 Å². The van der Waals surface area contributed by atoms with Crippen LogP contribution in [0.1, 0.15) is 85.0 Å². The maximum absolute atomic E-state index is 12.1. The molecule has 72 heavy (non-hydrogen) atoms. The van der Waals surface area contributed by atoms with E-state index in [4.69, 9.17) is 47.4 Å². The van der Waals surface area contributed by atoms with Crippen molar-refractivity contribution in [2.24, 2.45) is 46.3 Å². The molecular weight excluding hydrogens is 957 g/mol. The molecule has 6 aliphatic heterocycles. The van der Waals surface area contributed by atoms with Crippen LogP contribution in [0, 0.1) is 46.3 Å². The van der Waals surface area contributed by atoms with Crippen molar-refractivity contribution >= 4 is 0 Å². The van der Waals surface area contributed by atoms with Gasteiger partial charge in [0.05, 0.1) is 51.3 Å². The first-order valence-electron chi connectivity index (χ1n) is 26.4. The molecule has 0 aromatic rings. The number of hydrogen-bond donors (Lipinski definition) is 13. The van der Waals surface area contributed by atoms with Crippen LogP contribution in [0.5, 0.6) is 0 Å². The van der Waals surface area contributed by atoms with Gasteiger partial charge in [0, 0.05) is 18.3 Å². The van der Waals surface area contributed by atoms with Crippen LogP contribution in [-0.2, 0) is 47.4 Å². The van der Waals surface area contributed by atoms with Crippen molar-refractivity contribution in [1.82, 2.24) is 0 Å². The van der Waals surface area contributed by atoms with Gasteiger partial charge in [-0.3, -0.25) is 0 Å². The highest BCUT2D eigenvalue weighted by molar-refractivity contribution is 5.15. The summed E-state index contributed by atoms with van der Waals surface area (Å²) in [5.41, 5.74) is -0.140. The van der Waals surface area contributed by atoms with Crippen LogP contribution in [0.4, 0.5) is 0 Å². The molecule has 0 aromatic carbocycles. The first-order valence-corrected chi connectivity index (χ1v) is 26.4. The van der Waals surface area contributed by atoms with Gasteiger partial charge >= 0.3 is 0 Å². The highest BCUT2D eigenvalue weighted by atomic mass is 16.8. The molecule has 4 aliphatic carbocycles. The molecule has 23 heteroatoms. The molecule has 6 heterocycles. The fourth-order valence-corrected chi connectivity index (χ4v) is 15.4. The summed E-state index contributed by atoms with van der Waals surface area (Å²) in [6, 6.07) is 0. The predicted molar refractivity (Wildman–Crippen MR) is 239 cm³/mol. The van der Waals surface area contributed by atoms with E-state index in [0.717, 1.165) is 51.6 Å². The Morgan fingerprint density at radius 1 is 0.486 bits per heavy atom. The summed E-state index contributed by atoms with van der Waals surface area (Å²) in [7, 11) is 0. The third kappa shape index (κ3) is 9.45. The third-order valence-electron chi connectivity index (χ3n) is 19.4. The Bertz CT molecular complexity index is 1830. The summed E-state index contributed by atoms with van der Waals surface area (Å²) >= 11 is 0. The average Bonchev–Trinajstić information content (AvgIpc) is 3.80. The van der Waals surface area contributed by atoms with Crippen molar-refractivity contribution in [3.05, 3.63) is 0 Å². The Kier molecular flexibility index (Phi) is 15.9. The molecule has 13 N–H and O–H groups in total. The summed E-state index contributed by atoms with van der Waals surface area (Å²) in [6.07, 6.45) is -25.7. The summed E-state index contributed by atoms with van der Waals surface area (Å²) < 4.78 is 61.0. The molecule has 0 bridgehead atoms. The molecule has 10 aliphatic rings. The number of rotatable bonds is 11. The van der Waals surface area contributed by atoms with Gasteiger partial charge in [0.2, 0.25) is 0 Å². The Morgan fingerprint density at radius 2 is 1.08 bits per heavy atom. The van der Waals surface area contributed by atoms with Crippen LogP contribution in [-0.4, -0.2) is 240 Å². The van der Waals surface area contributed by atoms with Gasteiger partial charge in [-0.15, -0.1) is 0 Å². The topological polar surface area (TPSA) is 355 Å². The maximum Gasteiger partial charge on any atom is 0.187 e. The summed E-state index contributed by atoms with van der Waals surface area (Å²) in [5, 5.41) is 141. The minimum Gasteiger partial charge on any atom is -0.394 e. The SMILES string of the molecule is C[C@@H]1CCC2(C[C@]3(C)C(CC4C5C[C@@H](O)[C@H]6C[C@@H](O[C@@H]7O[C@H](CO)[C@H](O[C@@H]8O[C@H](CO)[C@@H](O)[C@H](O[C@@H]9OC[C@@H](O)[C@H](O)[C@H]9O)[C@H]8O[C@@H]8O[C@H](CO)[C@@H](O)[C@H](O)[C@H]8O)[C@H](O)[C@H]7O)CC[C@]6(C)C5CCC43)O2)OC1. The lowest BCUT2D eigenvalue weighted by molar-refractivity contribution is -0.404. The monoisotopic (exact) mass is 1040 g/mol. The summed E-state index contributed by atoms with van der Waals surface area (Å²) in [5.74, 6) is 1.66. The van der Waals surface area contributed by atoms with Gasteiger partial charge in [0.25, 0.3) is 0 Å². The molecule has 10 rings (SSSR count). The van der Waals surface area contributed by atoms with Crippen molar-refractivity contribution in [1.29, 1.82) is 0 Å². The zero-order valence-corrected chi connectivity index (χ0v) is 41.2. The van der Waals surface area contributed by atoms with Crippen molar-refractivity contribution < 1.29 is 114 Å². The van der Waals surface area contributed by atoms with E-state index in [0.29, 0.717) is 48.9 Å². The predicted octanol–water partition coefficient (Wildman–Crippen LogP) is -3.55. The number of hydrogen-bond acceptors (Lipinski definition) is 23. The number of aliphatic hydroxyl groups is 13. The fourth-order valence-electron chi connectivity index (χ4n) is 15.4. The molecule has 10 fully saturated rings. The fraction of sp³-hybridized carbons (Fsp3) is 1.00. The van der Waals surface area contributed by atoms with Gasteiger partial charge in [-0.05, 0) is 92.3 Å². The summed E-state index contributed by atoms with van der Waals surface area (Å²) in [6.45, 7) is 4.62. The van der Waals surface area contributed by atoms with Crippen molar-refractivity contribution in [3.63, 3.8) is 0 Å². The Hall–Kier alpha value is -0.920. The van der Waals surface area contributed by atoms with E-state index in [1.165, 1.54) is 0 Å². The quantitative estimate of drug-likeness (QED) is 0.0891. The van der Waals surface area contributed by atoms with Gasteiger partial charge in [-0.2, -0.15) is 0 Å². The first kappa shape index (κ1) is 54.4. The second-order valence-corrected chi connectivity index (χ2v) is 23.6. The van der Waals surface area contributed by atoms with Crippen molar-refractivity contribution in [2.75, 3.05) is 33.0 Å². The number of ether oxygens (including phenoxy) is 10. The second kappa shape index (κ2) is 21.0. The largest absolute Gasteiger partial charge is 0.394 e. The van der Waals surface area contributed by atoms with E-state index >= 15 is 0 Å². The number of aliphatic hydroxyl groups excluding tert-OH is 13. The van der Waals surface area contributed by atoms with Gasteiger partial charge in [-0.1, -0.05) is 20.8 Å². The zero-order valence-electron chi connectivity index (χ0n) is 41.2. The first-order chi connectivity index (χ1) is 34.2. The van der Waals surface area contributed by atoms with E-state index in [9.17, 15) is 66.4 Å². The smallest absolute Gasteiger partial charge is 0.187 e. The molecule has 6 saturated heterocycles. The van der Waals surface area contributed by atoms with Crippen LogP contribution >= 0.6 is 0 Å². The minimum absolute atomic E-state index is 0.0339. The number of fused-ring (bicyclic) bond motifs is 7. The maximum atomic E-state index is 12.1. The van der Waals surface area contributed by atoms with Crippen molar-refractivity contribution in [3.8, 4) is 0 Å². The highest BCUT2D eigenvalue weighted by Crippen LogP contribution is 2.70. The van der Waals surface area contributed by atoms with E-state index in [1.54, 1.807) is 0 Å². The Morgan fingerprint density at radius 3 is 1.78 bits per heavy atom. The zero-order chi connectivity index (χ0) is 51.3. The molecule has 1 spiro atoms. The average molecular weight is 1040 g/mol. The lowest BCUT2D eigenvalue weighted by Crippen LogP contribution is -2.68. The Labute approximate surface area is 418 Å². The molecule has 6 unspecified atom stereocenters. The third-order valence-corrected chi connectivity index (χ3v) is 19.4. The molecule has 4 saturated carbocycles. The van der Waals surface area contributed by atoms with E-state index < -0.39 is 161 Å². The molecule has 0 radical (unpaired) electrons. The summed E-state index contributed by atoms with van der Waals surface area (Å²) in [4.78, 5) is 0. The lowest BCUT2D eigenvalue weighted by atomic mass is 9.45. The van der Waals surface area contributed by atoms with Crippen LogP contribution in [0.25, 0.3) is 0 Å². The van der Waals surface area contributed by atoms with Gasteiger partial charge in [0.15, 0.2) is 30.9 Å². The normalized spacial score (nSPS) is 57.8. The molecule has 0 aromatic heterocycles. The second-order valence-electron chi connectivity index (χ2n) is 23.6. The molecular formula is C49H80O23. The standard InChI is InChI=1S/C49H80O23/c1-19-6-9-49(64-16-19)18-48(3)24-5-4-23-21(22(24)12-31(48)72-49)11-26(53)25-10-20(7-8-47(23,25)2)65-44-39(62)36(59)40(30(15-52)68-44)69-46-42(71-45-38(61)35(58)33(56)28(13-50)66-45)41(34(57)29(14-51)67-46)70-43-37(60)32(55)27(54)17-63-43/h19-46,50-62H,4-18H2,1-3H3/t19-,20+,21?,22?,23?,24?,25-,26-,27-,28-,29-,30-,31?,32+,33-,34-,35+,36-,37-,38-,39-,40+,41+,42-,43+,44-,45+,46+,47-,48+,49?/m1/s1. The molecule has 31 atom stereocenters. The van der Waals surface area contributed by atoms with Crippen LogP contribution in [0.3, 0.4) is 0 Å². The Balaban J connectivity index is 0.818. The van der Waals surface area contributed by atoms with Gasteiger partial charge < -0.3 is 114 Å². The minimum atomic E-state index is -2.01. The van der Waals surface area contributed by atoms with Crippen LogP contribution in [0.15, 0.2) is 0 Å².